The predicted octanol–water partition coefficient (Wildman–Crippen LogP) is 3.52. The zero-order chi connectivity index (χ0) is 12.7. The summed E-state index contributed by atoms with van der Waals surface area (Å²) in [6, 6.07) is 8.09. The van der Waals surface area contributed by atoms with Crippen molar-refractivity contribution < 1.29 is 0 Å². The van der Waals surface area contributed by atoms with Gasteiger partial charge in [-0.25, -0.2) is 4.99 Å². The molecule has 0 aromatic heterocycles. The highest BCUT2D eigenvalue weighted by molar-refractivity contribution is 14.0. The van der Waals surface area contributed by atoms with Crippen molar-refractivity contribution in [2.24, 2.45) is 16.6 Å². The Morgan fingerprint density at radius 3 is 2.50 bits per heavy atom. The van der Waals surface area contributed by atoms with E-state index in [2.05, 4.69) is 40.1 Å². The van der Waals surface area contributed by atoms with Crippen LogP contribution >= 0.6 is 39.9 Å². The average molecular weight is 426 g/mol. The predicted molar refractivity (Wildman–Crippen MR) is 92.3 cm³/mol. The number of nitrogens with one attached hydrogen (secondary N) is 1. The molecular formula is C13H21BrIN3. The van der Waals surface area contributed by atoms with Crippen LogP contribution in [-0.2, 0) is 6.54 Å². The van der Waals surface area contributed by atoms with Crippen molar-refractivity contribution in [1.82, 2.24) is 5.32 Å². The Balaban J connectivity index is 0.00000289. The van der Waals surface area contributed by atoms with Gasteiger partial charge in [0.15, 0.2) is 5.96 Å². The van der Waals surface area contributed by atoms with Crippen LogP contribution in [0.25, 0.3) is 0 Å². The summed E-state index contributed by atoms with van der Waals surface area (Å²) in [7, 11) is 0. The van der Waals surface area contributed by atoms with Gasteiger partial charge < -0.3 is 11.1 Å². The highest BCUT2D eigenvalue weighted by Crippen LogP contribution is 2.10. The second kappa shape index (κ2) is 9.61. The van der Waals surface area contributed by atoms with E-state index < -0.39 is 0 Å². The van der Waals surface area contributed by atoms with Crippen molar-refractivity contribution in [1.29, 1.82) is 0 Å². The van der Waals surface area contributed by atoms with Gasteiger partial charge in [-0.2, -0.15) is 0 Å². The number of hydrogen-bond acceptors (Lipinski definition) is 1. The maximum Gasteiger partial charge on any atom is 0.188 e. The maximum atomic E-state index is 5.77. The van der Waals surface area contributed by atoms with Crippen LogP contribution in [0.5, 0.6) is 0 Å². The molecule has 0 heterocycles. The van der Waals surface area contributed by atoms with Gasteiger partial charge >= 0.3 is 0 Å². The molecule has 5 heteroatoms. The zero-order valence-electron chi connectivity index (χ0n) is 10.8. The van der Waals surface area contributed by atoms with Crippen LogP contribution in [0.1, 0.15) is 25.8 Å². The SMILES string of the molecule is CC(C)CCNC(N)=NCc1ccc(Br)cc1.I. The number of nitrogens with zero attached hydrogens (tertiary/aromatic N) is 1. The molecule has 1 aromatic rings. The standard InChI is InChI=1S/C13H20BrN3.HI/c1-10(2)7-8-16-13(15)17-9-11-3-5-12(14)6-4-11;/h3-6,10H,7-9H2,1-2H3,(H3,15,16,17);1H. The molecule has 0 atom stereocenters. The third-order valence-corrected chi connectivity index (χ3v) is 2.90. The molecule has 18 heavy (non-hydrogen) atoms. The normalized spacial score (nSPS) is 11.2. The molecule has 0 bridgehead atoms. The number of benzene rings is 1. The summed E-state index contributed by atoms with van der Waals surface area (Å²) in [6.07, 6.45) is 1.11. The topological polar surface area (TPSA) is 50.4 Å². The van der Waals surface area contributed by atoms with Crippen molar-refractivity contribution in [2.75, 3.05) is 6.54 Å². The Labute approximate surface area is 135 Å². The molecule has 102 valence electrons. The van der Waals surface area contributed by atoms with E-state index in [-0.39, 0.29) is 24.0 Å². The third-order valence-electron chi connectivity index (χ3n) is 2.37. The summed E-state index contributed by atoms with van der Waals surface area (Å²) in [4.78, 5) is 4.29. The molecule has 1 aromatic carbocycles. The molecule has 0 amide bonds. The number of hydrogen-bond donors (Lipinski definition) is 2. The minimum atomic E-state index is 0. The molecule has 0 unspecified atom stereocenters. The van der Waals surface area contributed by atoms with Crippen molar-refractivity contribution in [3.8, 4) is 0 Å². The van der Waals surface area contributed by atoms with Crippen LogP contribution in [0.3, 0.4) is 0 Å². The molecule has 0 fully saturated rings. The summed E-state index contributed by atoms with van der Waals surface area (Å²) < 4.78 is 1.08. The Morgan fingerprint density at radius 2 is 1.94 bits per heavy atom. The largest absolute Gasteiger partial charge is 0.370 e. The number of rotatable bonds is 5. The van der Waals surface area contributed by atoms with E-state index in [0.717, 1.165) is 23.0 Å². The highest BCUT2D eigenvalue weighted by Gasteiger charge is 1.96. The first-order valence-corrected chi connectivity index (χ1v) is 6.65. The minimum Gasteiger partial charge on any atom is -0.370 e. The summed E-state index contributed by atoms with van der Waals surface area (Å²) >= 11 is 3.40. The van der Waals surface area contributed by atoms with Gasteiger partial charge in [-0.3, -0.25) is 0 Å². The lowest BCUT2D eigenvalue weighted by Gasteiger charge is -2.07. The van der Waals surface area contributed by atoms with Crippen LogP contribution in [0.15, 0.2) is 33.7 Å². The van der Waals surface area contributed by atoms with Crippen molar-refractivity contribution in [2.45, 2.75) is 26.8 Å². The zero-order valence-corrected chi connectivity index (χ0v) is 14.7. The van der Waals surface area contributed by atoms with E-state index in [4.69, 9.17) is 5.73 Å². The lowest BCUT2D eigenvalue weighted by atomic mass is 10.1. The second-order valence-electron chi connectivity index (χ2n) is 4.44. The van der Waals surface area contributed by atoms with Crippen molar-refractivity contribution in [3.63, 3.8) is 0 Å². The molecule has 3 nitrogen and oxygen atoms in total. The molecular weight excluding hydrogens is 405 g/mol. The summed E-state index contributed by atoms with van der Waals surface area (Å²) in [6.45, 7) is 5.88. The van der Waals surface area contributed by atoms with Crippen LogP contribution in [0, 0.1) is 5.92 Å². The van der Waals surface area contributed by atoms with Crippen LogP contribution in [0.2, 0.25) is 0 Å². The Morgan fingerprint density at radius 1 is 1.33 bits per heavy atom. The fourth-order valence-electron chi connectivity index (χ4n) is 1.31. The van der Waals surface area contributed by atoms with Gasteiger partial charge in [-0.1, -0.05) is 41.9 Å². The lowest BCUT2D eigenvalue weighted by molar-refractivity contribution is 0.576. The first-order valence-electron chi connectivity index (χ1n) is 5.86. The average Bonchev–Trinajstić information content (AvgIpc) is 2.28. The maximum absolute atomic E-state index is 5.77. The van der Waals surface area contributed by atoms with Crippen LogP contribution in [0.4, 0.5) is 0 Å². The van der Waals surface area contributed by atoms with E-state index in [0.29, 0.717) is 18.4 Å². The van der Waals surface area contributed by atoms with Gasteiger partial charge in [-0.05, 0) is 30.0 Å². The molecule has 3 N–H and O–H groups in total. The number of halogens is 2. The lowest BCUT2D eigenvalue weighted by Crippen LogP contribution is -2.32. The van der Waals surface area contributed by atoms with Gasteiger partial charge in [0, 0.05) is 11.0 Å². The van der Waals surface area contributed by atoms with E-state index in [9.17, 15) is 0 Å². The minimum absolute atomic E-state index is 0. The quantitative estimate of drug-likeness (QED) is 0.430. The van der Waals surface area contributed by atoms with Gasteiger partial charge in [-0.15, -0.1) is 24.0 Å². The first kappa shape index (κ1) is 17.7. The summed E-state index contributed by atoms with van der Waals surface area (Å²) in [5.74, 6) is 1.20. The molecule has 1 rings (SSSR count). The first-order chi connectivity index (χ1) is 8.08. The fraction of sp³-hybridized carbons (Fsp3) is 0.462. The summed E-state index contributed by atoms with van der Waals surface area (Å²) in [5, 5.41) is 3.11. The van der Waals surface area contributed by atoms with E-state index >= 15 is 0 Å². The summed E-state index contributed by atoms with van der Waals surface area (Å²) in [5.41, 5.74) is 6.92. The molecule has 0 spiro atoms. The highest BCUT2D eigenvalue weighted by atomic mass is 127. The Bertz CT molecular complexity index is 363. The third kappa shape index (κ3) is 7.92. The molecule has 0 saturated heterocycles. The van der Waals surface area contributed by atoms with Gasteiger partial charge in [0.25, 0.3) is 0 Å². The van der Waals surface area contributed by atoms with Crippen molar-refractivity contribution >= 4 is 45.9 Å². The molecule has 0 aliphatic heterocycles. The van der Waals surface area contributed by atoms with E-state index in [1.54, 1.807) is 0 Å². The van der Waals surface area contributed by atoms with Gasteiger partial charge in [0.05, 0.1) is 6.54 Å². The molecule has 0 aliphatic carbocycles. The van der Waals surface area contributed by atoms with Crippen molar-refractivity contribution in [3.05, 3.63) is 34.3 Å². The number of aliphatic imine (C=N–C) groups is 1. The van der Waals surface area contributed by atoms with Gasteiger partial charge in [0.2, 0.25) is 0 Å². The molecule has 0 saturated carbocycles. The molecule has 0 radical (unpaired) electrons. The number of guanidine groups is 1. The van der Waals surface area contributed by atoms with E-state index in [1.165, 1.54) is 0 Å². The Hall–Kier alpha value is -0.300. The number of nitrogens with two attached hydrogens (primary N) is 1. The van der Waals surface area contributed by atoms with Gasteiger partial charge in [0.1, 0.15) is 0 Å². The van der Waals surface area contributed by atoms with Crippen LogP contribution < -0.4 is 11.1 Å². The van der Waals surface area contributed by atoms with Crippen LogP contribution in [-0.4, -0.2) is 12.5 Å². The molecule has 0 aliphatic rings. The fourth-order valence-corrected chi connectivity index (χ4v) is 1.58. The smallest absolute Gasteiger partial charge is 0.188 e. The monoisotopic (exact) mass is 425 g/mol. The Kier molecular flexibility index (Phi) is 9.45. The van der Waals surface area contributed by atoms with E-state index in [1.807, 2.05) is 24.3 Å². The second-order valence-corrected chi connectivity index (χ2v) is 5.35.